The molecule has 0 saturated heterocycles. The summed E-state index contributed by atoms with van der Waals surface area (Å²) in [6.45, 7) is 3.22. The number of aryl methyl sites for hydroxylation is 2. The van der Waals surface area contributed by atoms with Crippen molar-refractivity contribution in [2.45, 2.75) is 26.4 Å². The van der Waals surface area contributed by atoms with Gasteiger partial charge >= 0.3 is 0 Å². The molecule has 0 fully saturated rings. The summed E-state index contributed by atoms with van der Waals surface area (Å²) in [6.07, 6.45) is -0.954. The third-order valence-corrected chi connectivity index (χ3v) is 3.27. The molecule has 0 aliphatic rings. The van der Waals surface area contributed by atoms with Gasteiger partial charge in [0.1, 0.15) is 17.5 Å². The monoisotopic (exact) mass is 280 g/mol. The molecule has 1 unspecified atom stereocenters. The molecule has 0 bridgehead atoms. The summed E-state index contributed by atoms with van der Waals surface area (Å²) in [4.78, 5) is 0. The maximum Gasteiger partial charge on any atom is 0.129 e. The van der Waals surface area contributed by atoms with Gasteiger partial charge in [-0.1, -0.05) is 18.2 Å². The van der Waals surface area contributed by atoms with Crippen molar-refractivity contribution in [3.05, 3.63) is 70.0 Å². The van der Waals surface area contributed by atoms with Crippen molar-refractivity contribution in [3.8, 4) is 0 Å². The van der Waals surface area contributed by atoms with Crippen molar-refractivity contribution >= 4 is 0 Å². The molecule has 0 radical (unpaired) electrons. The molecular formula is C16H15F3O. The van der Waals surface area contributed by atoms with E-state index in [1.54, 1.807) is 13.8 Å². The van der Waals surface area contributed by atoms with Gasteiger partial charge in [0.25, 0.3) is 0 Å². The molecule has 106 valence electrons. The van der Waals surface area contributed by atoms with Crippen LogP contribution in [0.2, 0.25) is 0 Å². The molecule has 20 heavy (non-hydrogen) atoms. The summed E-state index contributed by atoms with van der Waals surface area (Å²) in [7, 11) is 0. The van der Waals surface area contributed by atoms with E-state index in [9.17, 15) is 18.3 Å². The predicted molar refractivity (Wildman–Crippen MR) is 70.9 cm³/mol. The van der Waals surface area contributed by atoms with Crippen molar-refractivity contribution < 1.29 is 18.3 Å². The highest BCUT2D eigenvalue weighted by molar-refractivity contribution is 5.33. The first-order valence-corrected chi connectivity index (χ1v) is 6.27. The summed E-state index contributed by atoms with van der Waals surface area (Å²) in [6, 6.07) is 6.30. The van der Waals surface area contributed by atoms with Crippen LogP contribution in [-0.4, -0.2) is 5.11 Å². The molecule has 0 amide bonds. The lowest BCUT2D eigenvalue weighted by molar-refractivity contribution is 0.177. The first-order valence-electron chi connectivity index (χ1n) is 6.27. The van der Waals surface area contributed by atoms with Gasteiger partial charge in [0.2, 0.25) is 0 Å². The van der Waals surface area contributed by atoms with Gasteiger partial charge in [-0.25, -0.2) is 13.2 Å². The van der Waals surface area contributed by atoms with Crippen LogP contribution in [0.15, 0.2) is 30.3 Å². The maximum atomic E-state index is 13.5. The van der Waals surface area contributed by atoms with Crippen LogP contribution in [0.3, 0.4) is 0 Å². The fourth-order valence-corrected chi connectivity index (χ4v) is 2.19. The molecule has 0 spiro atoms. The number of aliphatic hydroxyl groups is 1. The topological polar surface area (TPSA) is 20.2 Å². The highest BCUT2D eigenvalue weighted by atomic mass is 19.1. The smallest absolute Gasteiger partial charge is 0.129 e. The number of halogens is 3. The van der Waals surface area contributed by atoms with E-state index in [0.717, 1.165) is 12.1 Å². The van der Waals surface area contributed by atoms with E-state index in [-0.39, 0.29) is 17.8 Å². The van der Waals surface area contributed by atoms with E-state index in [1.807, 2.05) is 0 Å². The Hall–Kier alpha value is -1.81. The summed E-state index contributed by atoms with van der Waals surface area (Å²) in [5.74, 6) is -1.66. The van der Waals surface area contributed by atoms with Crippen LogP contribution < -0.4 is 0 Å². The van der Waals surface area contributed by atoms with Crippen molar-refractivity contribution in [3.63, 3.8) is 0 Å². The second kappa shape index (κ2) is 5.67. The highest BCUT2D eigenvalue weighted by Gasteiger charge is 2.14. The lowest BCUT2D eigenvalue weighted by Gasteiger charge is -2.14. The Morgan fingerprint density at radius 1 is 1.00 bits per heavy atom. The fourth-order valence-electron chi connectivity index (χ4n) is 2.19. The Bertz CT molecular complexity index is 615. The molecule has 2 rings (SSSR count). The van der Waals surface area contributed by atoms with Crippen LogP contribution >= 0.6 is 0 Å². The summed E-state index contributed by atoms with van der Waals surface area (Å²) in [5.41, 5.74) is 1.60. The molecule has 0 aliphatic carbocycles. The van der Waals surface area contributed by atoms with Crippen LogP contribution in [0.25, 0.3) is 0 Å². The first kappa shape index (κ1) is 14.6. The lowest BCUT2D eigenvalue weighted by Crippen LogP contribution is -2.05. The van der Waals surface area contributed by atoms with Crippen LogP contribution in [0, 0.1) is 31.3 Å². The molecule has 2 aromatic carbocycles. The highest BCUT2D eigenvalue weighted by Crippen LogP contribution is 2.24. The lowest BCUT2D eigenvalue weighted by atomic mass is 9.97. The number of benzene rings is 2. The minimum absolute atomic E-state index is 0.0105. The van der Waals surface area contributed by atoms with E-state index in [4.69, 9.17) is 0 Å². The number of rotatable bonds is 3. The van der Waals surface area contributed by atoms with E-state index >= 15 is 0 Å². The molecule has 0 aliphatic heterocycles. The molecule has 4 heteroatoms. The van der Waals surface area contributed by atoms with Gasteiger partial charge < -0.3 is 5.11 Å². The first-order chi connectivity index (χ1) is 9.38. The molecule has 0 heterocycles. The Morgan fingerprint density at radius 3 is 2.15 bits per heavy atom. The van der Waals surface area contributed by atoms with Gasteiger partial charge in [-0.3, -0.25) is 0 Å². The molecule has 0 saturated carbocycles. The van der Waals surface area contributed by atoms with Crippen molar-refractivity contribution in [1.29, 1.82) is 0 Å². The van der Waals surface area contributed by atoms with E-state index in [2.05, 4.69) is 0 Å². The van der Waals surface area contributed by atoms with Crippen LogP contribution in [0.4, 0.5) is 13.2 Å². The minimum atomic E-state index is -0.965. The van der Waals surface area contributed by atoms with Crippen LogP contribution in [0.1, 0.15) is 28.4 Å². The summed E-state index contributed by atoms with van der Waals surface area (Å²) < 4.78 is 39.9. The molecule has 0 aromatic heterocycles. The zero-order valence-electron chi connectivity index (χ0n) is 11.3. The van der Waals surface area contributed by atoms with Crippen LogP contribution in [0.5, 0.6) is 0 Å². The van der Waals surface area contributed by atoms with Crippen molar-refractivity contribution in [2.75, 3.05) is 0 Å². The fraction of sp³-hybridized carbons (Fsp3) is 0.250. The zero-order chi connectivity index (χ0) is 14.9. The summed E-state index contributed by atoms with van der Waals surface area (Å²) >= 11 is 0. The van der Waals surface area contributed by atoms with Gasteiger partial charge in [0.15, 0.2) is 0 Å². The number of aliphatic hydroxyl groups excluding tert-OH is 1. The Morgan fingerprint density at radius 2 is 1.60 bits per heavy atom. The molecule has 1 atom stereocenters. The quantitative estimate of drug-likeness (QED) is 0.901. The van der Waals surface area contributed by atoms with Gasteiger partial charge in [0.05, 0.1) is 6.10 Å². The maximum absolute atomic E-state index is 13.5. The van der Waals surface area contributed by atoms with Gasteiger partial charge in [-0.2, -0.15) is 0 Å². The number of hydrogen-bond donors (Lipinski definition) is 1. The standard InChI is InChI=1S/C16H15F3O/c1-9-5-12(6-10(2)16(9)19)15(20)7-11-3-4-13(17)8-14(11)18/h3-6,8,15,20H,7H2,1-2H3. The summed E-state index contributed by atoms with van der Waals surface area (Å²) in [5, 5.41) is 10.1. The van der Waals surface area contributed by atoms with Gasteiger partial charge in [0, 0.05) is 12.5 Å². The SMILES string of the molecule is Cc1cc(C(O)Cc2ccc(F)cc2F)cc(C)c1F. The number of hydrogen-bond acceptors (Lipinski definition) is 1. The van der Waals surface area contributed by atoms with Crippen LogP contribution in [-0.2, 0) is 6.42 Å². The van der Waals surface area contributed by atoms with Crippen molar-refractivity contribution in [1.82, 2.24) is 0 Å². The molecule has 2 aromatic rings. The predicted octanol–water partition coefficient (Wildman–Crippen LogP) is 4.00. The van der Waals surface area contributed by atoms with E-state index in [1.165, 1.54) is 18.2 Å². The Kier molecular flexibility index (Phi) is 4.14. The van der Waals surface area contributed by atoms with E-state index < -0.39 is 17.7 Å². The second-order valence-electron chi connectivity index (χ2n) is 4.92. The Balaban J connectivity index is 2.26. The third-order valence-electron chi connectivity index (χ3n) is 3.27. The normalized spacial score (nSPS) is 12.5. The molecular weight excluding hydrogens is 265 g/mol. The van der Waals surface area contributed by atoms with Gasteiger partial charge in [-0.05, 0) is 42.2 Å². The molecule has 1 N–H and O–H groups in total. The zero-order valence-corrected chi connectivity index (χ0v) is 11.3. The average molecular weight is 280 g/mol. The van der Waals surface area contributed by atoms with Gasteiger partial charge in [-0.15, -0.1) is 0 Å². The Labute approximate surface area is 115 Å². The van der Waals surface area contributed by atoms with Crippen molar-refractivity contribution in [2.24, 2.45) is 0 Å². The minimum Gasteiger partial charge on any atom is -0.388 e. The second-order valence-corrected chi connectivity index (χ2v) is 4.92. The molecule has 1 nitrogen and oxygen atoms in total. The third kappa shape index (κ3) is 3.02. The largest absolute Gasteiger partial charge is 0.388 e. The average Bonchev–Trinajstić information content (AvgIpc) is 2.38. The van der Waals surface area contributed by atoms with E-state index in [0.29, 0.717) is 16.7 Å².